The first kappa shape index (κ1) is 18.2. The molecule has 1 saturated heterocycles. The van der Waals surface area contributed by atoms with Crippen molar-refractivity contribution in [2.24, 2.45) is 0 Å². The molecule has 0 bridgehead atoms. The number of carbonyl (C=O) groups is 2. The second kappa shape index (κ2) is 8.19. The van der Waals surface area contributed by atoms with Crippen LogP contribution in [0.3, 0.4) is 0 Å². The van der Waals surface area contributed by atoms with Crippen LogP contribution in [0.4, 0.5) is 5.82 Å². The summed E-state index contributed by atoms with van der Waals surface area (Å²) in [5, 5.41) is 3.27. The molecule has 1 aromatic carbocycles. The zero-order valence-electron chi connectivity index (χ0n) is 14.6. The molecule has 1 aliphatic rings. The third-order valence-electron chi connectivity index (χ3n) is 4.43. The Morgan fingerprint density at radius 3 is 2.62 bits per heavy atom. The minimum Gasteiger partial charge on any atom is -0.355 e. The van der Waals surface area contributed by atoms with E-state index in [1.807, 2.05) is 28.0 Å². The largest absolute Gasteiger partial charge is 0.355 e. The topological polar surface area (TPSA) is 65.5 Å². The van der Waals surface area contributed by atoms with Crippen LogP contribution in [0.2, 0.25) is 5.02 Å². The maximum atomic E-state index is 12.5. The molecule has 26 heavy (non-hydrogen) atoms. The number of halogens is 1. The van der Waals surface area contributed by atoms with Gasteiger partial charge >= 0.3 is 0 Å². The molecule has 3 rings (SSSR count). The second-order valence-electron chi connectivity index (χ2n) is 6.13. The van der Waals surface area contributed by atoms with Crippen LogP contribution < -0.4 is 10.2 Å². The smallest absolute Gasteiger partial charge is 0.254 e. The summed E-state index contributed by atoms with van der Waals surface area (Å²) < 4.78 is 0. The number of benzene rings is 1. The Labute approximate surface area is 157 Å². The van der Waals surface area contributed by atoms with Crippen LogP contribution in [0.5, 0.6) is 0 Å². The highest BCUT2D eigenvalue weighted by Gasteiger charge is 2.24. The van der Waals surface area contributed by atoms with E-state index < -0.39 is 0 Å². The van der Waals surface area contributed by atoms with E-state index in [1.165, 1.54) is 0 Å². The molecule has 136 valence electrons. The first-order chi connectivity index (χ1) is 12.6. The lowest BCUT2D eigenvalue weighted by Gasteiger charge is -2.36. The molecule has 6 nitrogen and oxygen atoms in total. The average Bonchev–Trinajstić information content (AvgIpc) is 2.67. The van der Waals surface area contributed by atoms with Crippen LogP contribution >= 0.6 is 11.6 Å². The van der Waals surface area contributed by atoms with Gasteiger partial charge in [-0.3, -0.25) is 9.59 Å². The van der Waals surface area contributed by atoms with Gasteiger partial charge in [0, 0.05) is 44.4 Å². The highest BCUT2D eigenvalue weighted by atomic mass is 35.5. The Bertz CT molecular complexity index is 804. The number of anilines is 1. The van der Waals surface area contributed by atoms with Gasteiger partial charge in [0.05, 0.1) is 12.0 Å². The fraction of sp³-hybridized carbons (Fsp3) is 0.316. The zero-order chi connectivity index (χ0) is 18.5. The molecule has 1 aliphatic heterocycles. The van der Waals surface area contributed by atoms with Crippen molar-refractivity contribution in [1.82, 2.24) is 15.2 Å². The quantitative estimate of drug-likeness (QED) is 0.891. The monoisotopic (exact) mass is 372 g/mol. The number of hydrogen-bond acceptors (Lipinski definition) is 4. The first-order valence-electron chi connectivity index (χ1n) is 8.52. The molecule has 0 radical (unpaired) electrons. The van der Waals surface area contributed by atoms with Gasteiger partial charge < -0.3 is 15.1 Å². The summed E-state index contributed by atoms with van der Waals surface area (Å²) in [6.07, 6.45) is 2.02. The molecule has 1 fully saturated rings. The van der Waals surface area contributed by atoms with Crippen molar-refractivity contribution < 1.29 is 9.59 Å². The van der Waals surface area contributed by atoms with Crippen LogP contribution in [-0.4, -0.2) is 54.9 Å². The van der Waals surface area contributed by atoms with Gasteiger partial charge in [-0.25, -0.2) is 4.98 Å². The molecule has 0 atom stereocenters. The summed E-state index contributed by atoms with van der Waals surface area (Å²) in [4.78, 5) is 32.8. The number of pyridine rings is 1. The number of piperazine rings is 1. The van der Waals surface area contributed by atoms with Crippen molar-refractivity contribution in [3.8, 4) is 0 Å². The lowest BCUT2D eigenvalue weighted by molar-refractivity contribution is -0.130. The van der Waals surface area contributed by atoms with E-state index in [2.05, 4.69) is 10.3 Å². The van der Waals surface area contributed by atoms with Gasteiger partial charge in [-0.15, -0.1) is 0 Å². The van der Waals surface area contributed by atoms with E-state index in [0.717, 1.165) is 5.56 Å². The van der Waals surface area contributed by atoms with Crippen LogP contribution in [0.15, 0.2) is 42.6 Å². The standard InChI is InChI=1S/C19H21ClN4O2/c1-21-19(26)16-6-3-7-22-18(16)24-10-8-23(9-11-24)17(25)13-14-4-2-5-15(20)12-14/h2-7,12H,8-11,13H2,1H3,(H,21,26). The number of hydrogen-bond donors (Lipinski definition) is 1. The molecule has 2 heterocycles. The van der Waals surface area contributed by atoms with Crippen molar-refractivity contribution in [3.63, 3.8) is 0 Å². The van der Waals surface area contributed by atoms with E-state index in [4.69, 9.17) is 11.6 Å². The molecular formula is C19H21ClN4O2. The summed E-state index contributed by atoms with van der Waals surface area (Å²) in [7, 11) is 1.60. The third-order valence-corrected chi connectivity index (χ3v) is 4.67. The average molecular weight is 373 g/mol. The fourth-order valence-electron chi connectivity index (χ4n) is 3.06. The Morgan fingerprint density at radius 1 is 1.15 bits per heavy atom. The van der Waals surface area contributed by atoms with Crippen molar-refractivity contribution in [1.29, 1.82) is 0 Å². The van der Waals surface area contributed by atoms with E-state index in [9.17, 15) is 9.59 Å². The van der Waals surface area contributed by atoms with E-state index in [1.54, 1.807) is 31.4 Å². The molecule has 2 aromatic rings. The van der Waals surface area contributed by atoms with Gasteiger partial charge in [0.1, 0.15) is 5.82 Å². The maximum absolute atomic E-state index is 12.5. The molecule has 0 aliphatic carbocycles. The Kier molecular flexibility index (Phi) is 5.73. The van der Waals surface area contributed by atoms with Gasteiger partial charge in [0.15, 0.2) is 0 Å². The van der Waals surface area contributed by atoms with E-state index in [-0.39, 0.29) is 11.8 Å². The van der Waals surface area contributed by atoms with Gasteiger partial charge in [-0.2, -0.15) is 0 Å². The van der Waals surface area contributed by atoms with E-state index >= 15 is 0 Å². The third kappa shape index (κ3) is 4.14. The van der Waals surface area contributed by atoms with E-state index in [0.29, 0.717) is 49.0 Å². The molecule has 1 N–H and O–H groups in total. The predicted octanol–water partition coefficient (Wildman–Crippen LogP) is 1.99. The number of carbonyl (C=O) groups excluding carboxylic acids is 2. The van der Waals surface area contributed by atoms with Crippen LogP contribution in [0.25, 0.3) is 0 Å². The van der Waals surface area contributed by atoms with Gasteiger partial charge in [0.25, 0.3) is 5.91 Å². The minimum absolute atomic E-state index is 0.0828. The summed E-state index contributed by atoms with van der Waals surface area (Å²) >= 11 is 5.98. The minimum atomic E-state index is -0.160. The summed E-state index contributed by atoms with van der Waals surface area (Å²) in [6, 6.07) is 10.9. The van der Waals surface area contributed by atoms with Gasteiger partial charge in [-0.05, 0) is 29.8 Å². The van der Waals surface area contributed by atoms with Crippen molar-refractivity contribution in [3.05, 3.63) is 58.7 Å². The summed E-state index contributed by atoms with van der Waals surface area (Å²) in [5.74, 6) is 0.584. The van der Waals surface area contributed by atoms with Gasteiger partial charge in [0.2, 0.25) is 5.91 Å². The normalized spacial score (nSPS) is 14.2. The van der Waals surface area contributed by atoms with Crippen molar-refractivity contribution in [2.45, 2.75) is 6.42 Å². The Hall–Kier alpha value is -2.60. The molecule has 0 spiro atoms. The Balaban J connectivity index is 1.63. The van der Waals surface area contributed by atoms with Crippen molar-refractivity contribution >= 4 is 29.2 Å². The second-order valence-corrected chi connectivity index (χ2v) is 6.56. The number of nitrogens with one attached hydrogen (secondary N) is 1. The predicted molar refractivity (Wildman–Crippen MR) is 102 cm³/mol. The molecule has 2 amide bonds. The molecule has 0 saturated carbocycles. The lowest BCUT2D eigenvalue weighted by atomic mass is 10.1. The van der Waals surface area contributed by atoms with Crippen LogP contribution in [0, 0.1) is 0 Å². The lowest BCUT2D eigenvalue weighted by Crippen LogP contribution is -2.49. The SMILES string of the molecule is CNC(=O)c1cccnc1N1CCN(C(=O)Cc2cccc(Cl)c2)CC1. The number of nitrogens with zero attached hydrogens (tertiary/aromatic N) is 3. The molecule has 7 heteroatoms. The fourth-order valence-corrected chi connectivity index (χ4v) is 3.27. The highest BCUT2D eigenvalue weighted by Crippen LogP contribution is 2.19. The maximum Gasteiger partial charge on any atom is 0.254 e. The number of amides is 2. The molecular weight excluding hydrogens is 352 g/mol. The van der Waals surface area contributed by atoms with Crippen molar-refractivity contribution in [2.75, 3.05) is 38.1 Å². The van der Waals surface area contributed by atoms with Gasteiger partial charge in [-0.1, -0.05) is 23.7 Å². The number of aromatic nitrogens is 1. The first-order valence-corrected chi connectivity index (χ1v) is 8.90. The van der Waals surface area contributed by atoms with Crippen LogP contribution in [0.1, 0.15) is 15.9 Å². The molecule has 0 unspecified atom stereocenters. The summed E-state index contributed by atoms with van der Waals surface area (Å²) in [6.45, 7) is 2.48. The molecule has 1 aromatic heterocycles. The number of rotatable bonds is 4. The summed E-state index contributed by atoms with van der Waals surface area (Å²) in [5.41, 5.74) is 1.46. The highest BCUT2D eigenvalue weighted by molar-refractivity contribution is 6.30. The Morgan fingerprint density at radius 2 is 1.92 bits per heavy atom. The zero-order valence-corrected chi connectivity index (χ0v) is 15.4. The van der Waals surface area contributed by atoms with Crippen LogP contribution in [-0.2, 0) is 11.2 Å².